The van der Waals surface area contributed by atoms with Gasteiger partial charge in [0.15, 0.2) is 0 Å². The van der Waals surface area contributed by atoms with Crippen LogP contribution in [-0.2, 0) is 17.5 Å². The molecule has 1 amide bonds. The van der Waals surface area contributed by atoms with Gasteiger partial charge in [0.2, 0.25) is 5.91 Å². The molecule has 3 nitrogen and oxygen atoms in total. The first-order chi connectivity index (χ1) is 11.9. The molecule has 1 atom stereocenters. The number of carbonyl (C=O) groups excluding carboxylic acids is 1. The van der Waals surface area contributed by atoms with Crippen LogP contribution in [0.2, 0.25) is 0 Å². The summed E-state index contributed by atoms with van der Waals surface area (Å²) in [5.41, 5.74) is -0.277. The minimum atomic E-state index is -4.34. The van der Waals surface area contributed by atoms with E-state index >= 15 is 0 Å². The van der Waals surface area contributed by atoms with Crippen LogP contribution in [0.5, 0.6) is 0 Å². The summed E-state index contributed by atoms with van der Waals surface area (Å²) in [6.45, 7) is 3.20. The first kappa shape index (κ1) is 18.2. The highest BCUT2D eigenvalue weighted by Gasteiger charge is 2.34. The molecule has 0 aromatic heterocycles. The molecule has 0 radical (unpaired) electrons. The molecule has 0 saturated carbocycles. The molecule has 2 saturated heterocycles. The van der Waals surface area contributed by atoms with Crippen LogP contribution in [0.25, 0.3) is 0 Å². The third-order valence-corrected chi connectivity index (χ3v) is 5.24. The van der Waals surface area contributed by atoms with Crippen molar-refractivity contribution in [3.63, 3.8) is 0 Å². The normalized spacial score (nSPS) is 22.8. The second-order valence-corrected chi connectivity index (χ2v) is 7.12. The zero-order valence-corrected chi connectivity index (χ0v) is 14.4. The fraction of sp³-hybridized carbons (Fsp3) is 0.632. The zero-order chi connectivity index (χ0) is 17.9. The lowest BCUT2D eigenvalue weighted by Crippen LogP contribution is -2.46. The van der Waals surface area contributed by atoms with E-state index < -0.39 is 11.7 Å². The molecule has 1 aromatic rings. The average molecular weight is 354 g/mol. The molecular weight excluding hydrogens is 329 g/mol. The highest BCUT2D eigenvalue weighted by molar-refractivity contribution is 5.79. The Morgan fingerprint density at radius 3 is 2.48 bits per heavy atom. The van der Waals surface area contributed by atoms with Gasteiger partial charge in [0.05, 0.1) is 11.5 Å². The molecule has 2 fully saturated rings. The van der Waals surface area contributed by atoms with Crippen molar-refractivity contribution in [2.75, 3.05) is 26.2 Å². The van der Waals surface area contributed by atoms with Crippen molar-refractivity contribution in [3.8, 4) is 0 Å². The lowest BCUT2D eigenvalue weighted by molar-refractivity contribution is -0.140. The summed E-state index contributed by atoms with van der Waals surface area (Å²) in [5.74, 6) is 0.110. The molecular formula is C19H25F3N2O. The van der Waals surface area contributed by atoms with Gasteiger partial charge in [0.1, 0.15) is 0 Å². The van der Waals surface area contributed by atoms with E-state index in [0.29, 0.717) is 12.1 Å². The number of benzene rings is 1. The third-order valence-electron chi connectivity index (χ3n) is 5.24. The summed E-state index contributed by atoms with van der Waals surface area (Å²) in [6, 6.07) is 5.74. The van der Waals surface area contributed by atoms with Crippen molar-refractivity contribution in [2.24, 2.45) is 5.92 Å². The van der Waals surface area contributed by atoms with Crippen LogP contribution in [0.1, 0.15) is 43.2 Å². The molecule has 1 aromatic carbocycles. The second-order valence-electron chi connectivity index (χ2n) is 7.12. The largest absolute Gasteiger partial charge is 0.416 e. The van der Waals surface area contributed by atoms with Crippen molar-refractivity contribution >= 4 is 5.91 Å². The van der Waals surface area contributed by atoms with Gasteiger partial charge in [0, 0.05) is 26.2 Å². The number of alkyl halides is 3. The molecule has 0 aliphatic carbocycles. The molecule has 25 heavy (non-hydrogen) atoms. The first-order valence-corrected chi connectivity index (χ1v) is 9.11. The number of hydrogen-bond donors (Lipinski definition) is 0. The molecule has 0 N–H and O–H groups in total. The number of amides is 1. The Hall–Kier alpha value is -1.56. The fourth-order valence-corrected chi connectivity index (χ4v) is 3.95. The summed E-state index contributed by atoms with van der Waals surface area (Å²) in [5, 5.41) is 0. The highest BCUT2D eigenvalue weighted by atomic mass is 19.4. The standard InChI is InChI=1S/C19H25F3N2O/c20-19(21,22)17-9-3-2-7-15(17)13-23-10-6-8-16(14-23)18(25)24-11-4-1-5-12-24/h2-3,7,9,16H,1,4-6,8,10-14H2/t16-/m1/s1. The minimum Gasteiger partial charge on any atom is -0.342 e. The Balaban J connectivity index is 1.65. The lowest BCUT2D eigenvalue weighted by atomic mass is 9.94. The number of halogens is 3. The number of carbonyl (C=O) groups is 1. The van der Waals surface area contributed by atoms with Crippen molar-refractivity contribution in [1.82, 2.24) is 9.80 Å². The van der Waals surface area contributed by atoms with Crippen LogP contribution in [-0.4, -0.2) is 41.9 Å². The summed E-state index contributed by atoms with van der Waals surface area (Å²) in [6.07, 6.45) is 0.650. The van der Waals surface area contributed by atoms with Gasteiger partial charge in [-0.15, -0.1) is 0 Å². The Labute approximate surface area is 146 Å². The second kappa shape index (κ2) is 7.77. The third kappa shape index (κ3) is 4.54. The summed E-state index contributed by atoms with van der Waals surface area (Å²) < 4.78 is 39.5. The van der Waals surface area contributed by atoms with E-state index in [0.717, 1.165) is 51.4 Å². The predicted molar refractivity (Wildman–Crippen MR) is 89.9 cm³/mol. The van der Waals surface area contributed by atoms with Gasteiger partial charge in [-0.2, -0.15) is 13.2 Å². The Morgan fingerprint density at radius 2 is 1.76 bits per heavy atom. The number of hydrogen-bond acceptors (Lipinski definition) is 2. The summed E-state index contributed by atoms with van der Waals surface area (Å²) >= 11 is 0. The van der Waals surface area contributed by atoms with Gasteiger partial charge < -0.3 is 4.90 Å². The molecule has 0 spiro atoms. The maximum atomic E-state index is 13.2. The lowest BCUT2D eigenvalue weighted by Gasteiger charge is -2.36. The van der Waals surface area contributed by atoms with E-state index in [4.69, 9.17) is 0 Å². The first-order valence-electron chi connectivity index (χ1n) is 9.11. The molecule has 6 heteroatoms. The van der Waals surface area contributed by atoms with Gasteiger partial charge in [0.25, 0.3) is 0 Å². The molecule has 2 aliphatic rings. The highest BCUT2D eigenvalue weighted by Crippen LogP contribution is 2.33. The number of likely N-dealkylation sites (tertiary alicyclic amines) is 2. The van der Waals surface area contributed by atoms with Crippen molar-refractivity contribution in [1.29, 1.82) is 0 Å². The van der Waals surface area contributed by atoms with Crippen molar-refractivity contribution in [3.05, 3.63) is 35.4 Å². The van der Waals surface area contributed by atoms with E-state index in [1.807, 2.05) is 9.80 Å². The zero-order valence-electron chi connectivity index (χ0n) is 14.4. The van der Waals surface area contributed by atoms with Gasteiger partial charge in [-0.1, -0.05) is 18.2 Å². The van der Waals surface area contributed by atoms with Crippen molar-refractivity contribution in [2.45, 2.75) is 44.8 Å². The fourth-order valence-electron chi connectivity index (χ4n) is 3.95. The predicted octanol–water partition coefficient (Wildman–Crippen LogP) is 3.93. The van der Waals surface area contributed by atoms with Gasteiger partial charge >= 0.3 is 6.18 Å². The number of nitrogens with zero attached hydrogens (tertiary/aromatic N) is 2. The van der Waals surface area contributed by atoms with Gasteiger partial charge in [-0.25, -0.2) is 0 Å². The minimum absolute atomic E-state index is 0.0788. The van der Waals surface area contributed by atoms with E-state index in [-0.39, 0.29) is 18.4 Å². The maximum Gasteiger partial charge on any atom is 0.416 e. The Kier molecular flexibility index (Phi) is 5.67. The van der Waals surface area contributed by atoms with Crippen LogP contribution in [0.15, 0.2) is 24.3 Å². The quantitative estimate of drug-likeness (QED) is 0.821. The van der Waals surface area contributed by atoms with Gasteiger partial charge in [-0.05, 0) is 50.3 Å². The summed E-state index contributed by atoms with van der Waals surface area (Å²) in [4.78, 5) is 16.6. The van der Waals surface area contributed by atoms with E-state index in [2.05, 4.69) is 0 Å². The van der Waals surface area contributed by atoms with E-state index in [1.54, 1.807) is 12.1 Å². The SMILES string of the molecule is O=C([C@@H]1CCCN(Cc2ccccc2C(F)(F)F)C1)N1CCCCC1. The smallest absolute Gasteiger partial charge is 0.342 e. The average Bonchev–Trinajstić information content (AvgIpc) is 2.62. The molecule has 138 valence electrons. The summed E-state index contributed by atoms with van der Waals surface area (Å²) in [7, 11) is 0. The van der Waals surface area contributed by atoms with Crippen LogP contribution in [0.4, 0.5) is 13.2 Å². The topological polar surface area (TPSA) is 23.6 Å². The van der Waals surface area contributed by atoms with Crippen LogP contribution >= 0.6 is 0 Å². The molecule has 0 unspecified atom stereocenters. The molecule has 3 rings (SSSR count). The number of piperidine rings is 2. The van der Waals surface area contributed by atoms with E-state index in [9.17, 15) is 18.0 Å². The maximum absolute atomic E-state index is 13.2. The number of rotatable bonds is 3. The Morgan fingerprint density at radius 1 is 1.04 bits per heavy atom. The Bertz CT molecular complexity index is 597. The van der Waals surface area contributed by atoms with Crippen LogP contribution in [0, 0.1) is 5.92 Å². The van der Waals surface area contributed by atoms with Crippen LogP contribution < -0.4 is 0 Å². The van der Waals surface area contributed by atoms with Crippen LogP contribution in [0.3, 0.4) is 0 Å². The van der Waals surface area contributed by atoms with E-state index in [1.165, 1.54) is 12.5 Å². The van der Waals surface area contributed by atoms with Gasteiger partial charge in [-0.3, -0.25) is 9.69 Å². The molecule has 2 aliphatic heterocycles. The molecule has 0 bridgehead atoms. The van der Waals surface area contributed by atoms with Crippen molar-refractivity contribution < 1.29 is 18.0 Å². The molecule has 2 heterocycles. The monoisotopic (exact) mass is 354 g/mol.